The van der Waals surface area contributed by atoms with Crippen LogP contribution < -0.4 is 0 Å². The van der Waals surface area contributed by atoms with Gasteiger partial charge in [-0.05, 0) is 18.2 Å². The van der Waals surface area contributed by atoms with Gasteiger partial charge in [0.25, 0.3) is 0 Å². The molecule has 0 unspecified atom stereocenters. The third-order valence-corrected chi connectivity index (χ3v) is 3.48. The second-order valence-electron chi connectivity index (χ2n) is 4.57. The maximum atomic E-state index is 12.0. The van der Waals surface area contributed by atoms with Crippen LogP contribution in [0.3, 0.4) is 0 Å². The molecule has 0 fully saturated rings. The highest BCUT2D eigenvalue weighted by Gasteiger charge is 2.14. The van der Waals surface area contributed by atoms with E-state index in [0.29, 0.717) is 21.8 Å². The van der Waals surface area contributed by atoms with E-state index in [4.69, 9.17) is 16.3 Å². The molecule has 4 heteroatoms. The summed E-state index contributed by atoms with van der Waals surface area (Å²) >= 11 is 6.03. The Morgan fingerprint density at radius 1 is 1.10 bits per heavy atom. The molecule has 0 radical (unpaired) electrons. The number of ether oxygens (including phenoxy) is 1. The third kappa shape index (κ3) is 2.60. The summed E-state index contributed by atoms with van der Waals surface area (Å²) in [5, 5.41) is 1.31. The van der Waals surface area contributed by atoms with Gasteiger partial charge >= 0.3 is 5.97 Å². The lowest BCUT2D eigenvalue weighted by atomic mass is 10.0. The lowest BCUT2D eigenvalue weighted by Gasteiger charge is -2.09. The standard InChI is InChI=1S/C17H12ClNO2/c1-21-17(20)14-10-15(11-5-3-2-4-6-11)19-16-9-12(18)7-8-13(14)16/h2-10H,1H3. The molecule has 3 nitrogen and oxygen atoms in total. The monoisotopic (exact) mass is 297 g/mol. The van der Waals surface area contributed by atoms with Crippen LogP contribution in [0.4, 0.5) is 0 Å². The molecule has 0 saturated heterocycles. The summed E-state index contributed by atoms with van der Waals surface area (Å²) in [6, 6.07) is 16.7. The molecule has 0 atom stereocenters. The van der Waals surface area contributed by atoms with Gasteiger partial charge in [-0.3, -0.25) is 0 Å². The van der Waals surface area contributed by atoms with Gasteiger partial charge in [-0.2, -0.15) is 0 Å². The van der Waals surface area contributed by atoms with Crippen molar-refractivity contribution in [3.63, 3.8) is 0 Å². The molecular formula is C17H12ClNO2. The topological polar surface area (TPSA) is 39.2 Å². The molecular weight excluding hydrogens is 286 g/mol. The number of esters is 1. The molecule has 0 N–H and O–H groups in total. The smallest absolute Gasteiger partial charge is 0.338 e. The van der Waals surface area contributed by atoms with E-state index in [1.54, 1.807) is 24.3 Å². The van der Waals surface area contributed by atoms with Gasteiger partial charge in [0.2, 0.25) is 0 Å². The van der Waals surface area contributed by atoms with Crippen molar-refractivity contribution in [1.82, 2.24) is 4.98 Å². The van der Waals surface area contributed by atoms with Crippen LogP contribution in [0.1, 0.15) is 10.4 Å². The number of hydrogen-bond donors (Lipinski definition) is 0. The van der Waals surface area contributed by atoms with Gasteiger partial charge in [0.05, 0.1) is 23.9 Å². The van der Waals surface area contributed by atoms with Crippen LogP contribution >= 0.6 is 11.6 Å². The number of aromatic nitrogens is 1. The summed E-state index contributed by atoms with van der Waals surface area (Å²) in [6.45, 7) is 0. The third-order valence-electron chi connectivity index (χ3n) is 3.25. The molecule has 2 aromatic carbocycles. The summed E-state index contributed by atoms with van der Waals surface area (Å²) in [5.74, 6) is -0.387. The highest BCUT2D eigenvalue weighted by molar-refractivity contribution is 6.31. The number of halogens is 1. The second kappa shape index (κ2) is 5.54. The molecule has 0 bridgehead atoms. The molecule has 0 aliphatic carbocycles. The van der Waals surface area contributed by atoms with Crippen LogP contribution in [-0.2, 0) is 4.74 Å². The Bertz CT molecular complexity index is 816. The number of pyridine rings is 1. The number of benzene rings is 2. The van der Waals surface area contributed by atoms with Gasteiger partial charge in [-0.1, -0.05) is 48.0 Å². The van der Waals surface area contributed by atoms with E-state index in [0.717, 1.165) is 10.9 Å². The van der Waals surface area contributed by atoms with E-state index in [2.05, 4.69) is 4.98 Å². The van der Waals surface area contributed by atoms with Crippen LogP contribution in [0.25, 0.3) is 22.2 Å². The number of carbonyl (C=O) groups excluding carboxylic acids is 1. The molecule has 0 aliphatic rings. The molecule has 0 aliphatic heterocycles. The summed E-state index contributed by atoms with van der Waals surface area (Å²) in [4.78, 5) is 16.6. The predicted molar refractivity (Wildman–Crippen MR) is 83.5 cm³/mol. The highest BCUT2D eigenvalue weighted by atomic mass is 35.5. The number of rotatable bonds is 2. The molecule has 0 spiro atoms. The minimum absolute atomic E-state index is 0.387. The Balaban J connectivity index is 2.30. The number of carbonyl (C=O) groups is 1. The van der Waals surface area contributed by atoms with Crippen molar-refractivity contribution in [2.24, 2.45) is 0 Å². The first-order valence-corrected chi connectivity index (χ1v) is 6.81. The van der Waals surface area contributed by atoms with E-state index < -0.39 is 0 Å². The molecule has 1 aromatic heterocycles. The lowest BCUT2D eigenvalue weighted by molar-refractivity contribution is 0.0603. The SMILES string of the molecule is COC(=O)c1cc(-c2ccccc2)nc2cc(Cl)ccc12. The average molecular weight is 298 g/mol. The van der Waals surface area contributed by atoms with Gasteiger partial charge in [-0.25, -0.2) is 9.78 Å². The average Bonchev–Trinajstić information content (AvgIpc) is 2.53. The maximum absolute atomic E-state index is 12.0. The van der Waals surface area contributed by atoms with Gasteiger partial charge in [-0.15, -0.1) is 0 Å². The van der Waals surface area contributed by atoms with Crippen molar-refractivity contribution in [3.05, 3.63) is 65.2 Å². The van der Waals surface area contributed by atoms with E-state index in [1.165, 1.54) is 7.11 Å². The van der Waals surface area contributed by atoms with Gasteiger partial charge in [0.15, 0.2) is 0 Å². The van der Waals surface area contributed by atoms with Crippen molar-refractivity contribution in [2.45, 2.75) is 0 Å². The summed E-state index contributed by atoms with van der Waals surface area (Å²) < 4.78 is 4.87. The van der Waals surface area contributed by atoms with Gasteiger partial charge < -0.3 is 4.74 Å². The van der Waals surface area contributed by atoms with E-state index in [9.17, 15) is 4.79 Å². The van der Waals surface area contributed by atoms with Crippen LogP contribution in [0.2, 0.25) is 5.02 Å². The minimum atomic E-state index is -0.387. The van der Waals surface area contributed by atoms with Crippen LogP contribution in [0, 0.1) is 0 Å². The fraction of sp³-hybridized carbons (Fsp3) is 0.0588. The molecule has 3 aromatic rings. The maximum Gasteiger partial charge on any atom is 0.338 e. The Hall–Kier alpha value is -2.39. The van der Waals surface area contributed by atoms with Crippen LogP contribution in [0.15, 0.2) is 54.6 Å². The minimum Gasteiger partial charge on any atom is -0.465 e. The van der Waals surface area contributed by atoms with Gasteiger partial charge in [0, 0.05) is 16.0 Å². The molecule has 21 heavy (non-hydrogen) atoms. The Labute approximate surface area is 127 Å². The first-order chi connectivity index (χ1) is 10.2. The van der Waals surface area contributed by atoms with Crippen molar-refractivity contribution in [2.75, 3.05) is 7.11 Å². The largest absolute Gasteiger partial charge is 0.465 e. The number of methoxy groups -OCH3 is 1. The molecule has 1 heterocycles. The summed E-state index contributed by atoms with van der Waals surface area (Å²) in [7, 11) is 1.37. The molecule has 0 amide bonds. The number of hydrogen-bond acceptors (Lipinski definition) is 3. The van der Waals surface area contributed by atoms with Crippen molar-refractivity contribution >= 4 is 28.5 Å². The zero-order chi connectivity index (χ0) is 14.8. The van der Waals surface area contributed by atoms with Crippen molar-refractivity contribution in [1.29, 1.82) is 0 Å². The summed E-state index contributed by atoms with van der Waals surface area (Å²) in [6.07, 6.45) is 0. The first-order valence-electron chi connectivity index (χ1n) is 6.43. The number of nitrogens with zero attached hydrogens (tertiary/aromatic N) is 1. The Kier molecular flexibility index (Phi) is 3.59. The quantitative estimate of drug-likeness (QED) is 0.660. The highest BCUT2D eigenvalue weighted by Crippen LogP contribution is 2.27. The van der Waals surface area contributed by atoms with Crippen molar-refractivity contribution < 1.29 is 9.53 Å². The normalized spacial score (nSPS) is 10.6. The Morgan fingerprint density at radius 2 is 1.86 bits per heavy atom. The van der Waals surface area contributed by atoms with E-state index in [-0.39, 0.29) is 5.97 Å². The Morgan fingerprint density at radius 3 is 2.57 bits per heavy atom. The van der Waals surface area contributed by atoms with E-state index >= 15 is 0 Å². The molecule has 104 valence electrons. The fourth-order valence-electron chi connectivity index (χ4n) is 2.24. The summed E-state index contributed by atoms with van der Waals surface area (Å²) in [5.41, 5.74) is 2.80. The second-order valence-corrected chi connectivity index (χ2v) is 5.01. The van der Waals surface area contributed by atoms with Crippen molar-refractivity contribution in [3.8, 4) is 11.3 Å². The van der Waals surface area contributed by atoms with E-state index in [1.807, 2.05) is 30.3 Å². The van der Waals surface area contributed by atoms with Crippen LogP contribution in [-0.4, -0.2) is 18.1 Å². The zero-order valence-corrected chi connectivity index (χ0v) is 12.1. The fourth-order valence-corrected chi connectivity index (χ4v) is 2.40. The molecule has 3 rings (SSSR count). The lowest BCUT2D eigenvalue weighted by Crippen LogP contribution is -2.03. The van der Waals surface area contributed by atoms with Gasteiger partial charge in [0.1, 0.15) is 0 Å². The molecule has 0 saturated carbocycles. The number of fused-ring (bicyclic) bond motifs is 1. The zero-order valence-electron chi connectivity index (χ0n) is 11.3. The first kappa shape index (κ1) is 13.6. The van der Waals surface area contributed by atoms with Crippen LogP contribution in [0.5, 0.6) is 0 Å². The predicted octanol–water partition coefficient (Wildman–Crippen LogP) is 4.34.